The van der Waals surface area contributed by atoms with Crippen LogP contribution >= 0.6 is 0 Å². The van der Waals surface area contributed by atoms with Gasteiger partial charge in [-0.2, -0.15) is 4.31 Å². The summed E-state index contributed by atoms with van der Waals surface area (Å²) in [6, 6.07) is 4.36. The van der Waals surface area contributed by atoms with E-state index < -0.39 is 14.9 Å². The third-order valence-electron chi connectivity index (χ3n) is 5.51. The number of rotatable bonds is 5. The first kappa shape index (κ1) is 20.0. The summed E-state index contributed by atoms with van der Waals surface area (Å²) < 4.78 is 27.4. The molecule has 0 bridgehead atoms. The van der Waals surface area contributed by atoms with E-state index in [1.165, 1.54) is 16.4 Å². The Morgan fingerprint density at radius 2 is 1.63 bits per heavy atom. The van der Waals surface area contributed by atoms with Crippen molar-refractivity contribution in [1.29, 1.82) is 0 Å². The summed E-state index contributed by atoms with van der Waals surface area (Å²) in [7, 11) is -3.70. The Hall–Kier alpha value is -1.71. The second kappa shape index (κ2) is 8.53. The molecule has 0 spiro atoms. The minimum Gasteiger partial charge on any atom is -0.363 e. The highest BCUT2D eigenvalue weighted by Crippen LogP contribution is 2.33. The van der Waals surface area contributed by atoms with Crippen molar-refractivity contribution in [2.45, 2.75) is 37.5 Å². The molecule has 2 saturated heterocycles. The molecule has 2 aliphatic heterocycles. The molecule has 2 fully saturated rings. The average Bonchev–Trinajstić information content (AvgIpc) is 2.97. The molecule has 27 heavy (non-hydrogen) atoms. The zero-order valence-electron chi connectivity index (χ0n) is 15.8. The number of nitro groups is 1. The minimum atomic E-state index is -3.70. The van der Waals surface area contributed by atoms with E-state index in [4.69, 9.17) is 0 Å². The fourth-order valence-electron chi connectivity index (χ4n) is 3.81. The molecule has 3 rings (SSSR count). The first-order valence-corrected chi connectivity index (χ1v) is 11.1. The molecule has 0 unspecified atom stereocenters. The van der Waals surface area contributed by atoms with Gasteiger partial charge in [-0.05, 0) is 31.5 Å². The fraction of sp³-hybridized carbons (Fsp3) is 0.667. The largest absolute Gasteiger partial charge is 0.363 e. The summed E-state index contributed by atoms with van der Waals surface area (Å²) >= 11 is 0. The van der Waals surface area contributed by atoms with Crippen LogP contribution in [0.5, 0.6) is 0 Å². The van der Waals surface area contributed by atoms with Crippen molar-refractivity contribution in [3.8, 4) is 0 Å². The number of benzene rings is 1. The van der Waals surface area contributed by atoms with Crippen LogP contribution in [0.1, 0.15) is 32.6 Å². The summed E-state index contributed by atoms with van der Waals surface area (Å²) in [4.78, 5) is 15.5. The maximum absolute atomic E-state index is 13.0. The lowest BCUT2D eigenvalue weighted by atomic mass is 10.2. The maximum atomic E-state index is 13.0. The third kappa shape index (κ3) is 4.41. The molecule has 0 radical (unpaired) electrons. The molecule has 0 aromatic heterocycles. The second-order valence-electron chi connectivity index (χ2n) is 7.15. The molecule has 8 nitrogen and oxygen atoms in total. The standard InChI is InChI=1S/C18H28N4O4S/c1-2-19-11-13-20(14-12-19)17-8-7-16(15-18(17)22(23)24)27(25,26)21-9-5-3-4-6-10-21/h7-8,15H,2-6,9-14H2,1H3. The lowest BCUT2D eigenvalue weighted by Crippen LogP contribution is -2.46. The molecule has 150 valence electrons. The van der Waals surface area contributed by atoms with Crippen molar-refractivity contribution in [1.82, 2.24) is 9.21 Å². The lowest BCUT2D eigenvalue weighted by Gasteiger charge is -2.35. The van der Waals surface area contributed by atoms with Crippen LogP contribution in [0, 0.1) is 10.1 Å². The highest BCUT2D eigenvalue weighted by molar-refractivity contribution is 7.89. The molecule has 0 amide bonds. The van der Waals surface area contributed by atoms with Crippen molar-refractivity contribution in [3.63, 3.8) is 0 Å². The predicted molar refractivity (Wildman–Crippen MR) is 105 cm³/mol. The molecule has 2 heterocycles. The van der Waals surface area contributed by atoms with Crippen LogP contribution in [0.25, 0.3) is 0 Å². The molecule has 0 saturated carbocycles. The lowest BCUT2D eigenvalue weighted by molar-refractivity contribution is -0.384. The zero-order valence-corrected chi connectivity index (χ0v) is 16.7. The van der Waals surface area contributed by atoms with Crippen molar-refractivity contribution < 1.29 is 13.3 Å². The average molecular weight is 397 g/mol. The van der Waals surface area contributed by atoms with E-state index in [2.05, 4.69) is 11.8 Å². The van der Waals surface area contributed by atoms with Crippen LogP contribution in [0.3, 0.4) is 0 Å². The number of sulfonamides is 1. The van der Waals surface area contributed by atoms with Crippen LogP contribution in [0.4, 0.5) is 11.4 Å². The Bertz CT molecular complexity index is 768. The summed E-state index contributed by atoms with van der Waals surface area (Å²) in [5.41, 5.74) is 0.376. The molecular formula is C18H28N4O4S. The first-order chi connectivity index (χ1) is 12.9. The first-order valence-electron chi connectivity index (χ1n) is 9.69. The Kier molecular flexibility index (Phi) is 6.33. The van der Waals surface area contributed by atoms with Gasteiger partial charge < -0.3 is 9.80 Å². The van der Waals surface area contributed by atoms with E-state index >= 15 is 0 Å². The molecule has 0 N–H and O–H groups in total. The highest BCUT2D eigenvalue weighted by Gasteiger charge is 2.30. The van der Waals surface area contributed by atoms with Gasteiger partial charge in [0.1, 0.15) is 5.69 Å². The Balaban J connectivity index is 1.88. The summed E-state index contributed by atoms with van der Waals surface area (Å²) in [6.45, 7) is 7.13. The monoisotopic (exact) mass is 396 g/mol. The molecule has 1 aromatic carbocycles. The number of piperazine rings is 1. The van der Waals surface area contributed by atoms with Crippen LogP contribution in [0.15, 0.2) is 23.1 Å². The van der Waals surface area contributed by atoms with Gasteiger partial charge in [-0.3, -0.25) is 10.1 Å². The van der Waals surface area contributed by atoms with E-state index in [9.17, 15) is 18.5 Å². The number of nitro benzene ring substituents is 1. The van der Waals surface area contributed by atoms with Gasteiger partial charge in [0.15, 0.2) is 0 Å². The van der Waals surface area contributed by atoms with Crippen molar-refractivity contribution in [2.24, 2.45) is 0 Å². The van der Waals surface area contributed by atoms with Gasteiger partial charge in [-0.15, -0.1) is 0 Å². The van der Waals surface area contributed by atoms with Gasteiger partial charge >= 0.3 is 0 Å². The van der Waals surface area contributed by atoms with E-state index in [0.29, 0.717) is 31.9 Å². The molecular weight excluding hydrogens is 368 g/mol. The Morgan fingerprint density at radius 3 is 2.19 bits per heavy atom. The number of anilines is 1. The number of likely N-dealkylation sites (N-methyl/N-ethyl adjacent to an activating group) is 1. The van der Waals surface area contributed by atoms with Gasteiger partial charge in [0.25, 0.3) is 5.69 Å². The predicted octanol–water partition coefficient (Wildman–Crippen LogP) is 2.30. The van der Waals surface area contributed by atoms with Gasteiger partial charge in [-0.25, -0.2) is 8.42 Å². The molecule has 1 aromatic rings. The molecule has 9 heteroatoms. The van der Waals surface area contributed by atoms with Crippen LogP contribution < -0.4 is 4.90 Å². The van der Waals surface area contributed by atoms with Crippen molar-refractivity contribution in [3.05, 3.63) is 28.3 Å². The second-order valence-corrected chi connectivity index (χ2v) is 9.09. The van der Waals surface area contributed by atoms with Gasteiger partial charge in [0, 0.05) is 45.3 Å². The van der Waals surface area contributed by atoms with Crippen LogP contribution in [-0.4, -0.2) is 68.4 Å². The molecule has 0 atom stereocenters. The normalized spacial score (nSPS) is 20.4. The number of hydrogen-bond acceptors (Lipinski definition) is 6. The highest BCUT2D eigenvalue weighted by atomic mass is 32.2. The Morgan fingerprint density at radius 1 is 1.00 bits per heavy atom. The summed E-state index contributed by atoms with van der Waals surface area (Å²) in [5.74, 6) is 0. The van der Waals surface area contributed by atoms with Crippen molar-refractivity contribution in [2.75, 3.05) is 50.7 Å². The fourth-order valence-corrected chi connectivity index (χ4v) is 5.35. The van der Waals surface area contributed by atoms with E-state index in [1.807, 2.05) is 4.90 Å². The van der Waals surface area contributed by atoms with Crippen LogP contribution in [0.2, 0.25) is 0 Å². The van der Waals surface area contributed by atoms with Crippen LogP contribution in [-0.2, 0) is 10.0 Å². The Labute approximate surface area is 160 Å². The zero-order chi connectivity index (χ0) is 19.4. The summed E-state index contributed by atoms with van der Waals surface area (Å²) in [5, 5.41) is 11.7. The minimum absolute atomic E-state index is 0.0204. The smallest absolute Gasteiger partial charge is 0.293 e. The van der Waals surface area contributed by atoms with Gasteiger partial charge in [0.2, 0.25) is 10.0 Å². The molecule has 2 aliphatic rings. The summed E-state index contributed by atoms with van der Waals surface area (Å²) in [6.07, 6.45) is 3.71. The maximum Gasteiger partial charge on any atom is 0.293 e. The topological polar surface area (TPSA) is 87.0 Å². The SMILES string of the molecule is CCN1CCN(c2ccc(S(=O)(=O)N3CCCCCC3)cc2[N+](=O)[O-])CC1. The molecule has 0 aliphatic carbocycles. The van der Waals surface area contributed by atoms with Crippen molar-refractivity contribution >= 4 is 21.4 Å². The number of hydrogen-bond donors (Lipinski definition) is 0. The van der Waals surface area contributed by atoms with E-state index in [-0.39, 0.29) is 10.6 Å². The van der Waals surface area contributed by atoms with Gasteiger partial charge in [-0.1, -0.05) is 19.8 Å². The van der Waals surface area contributed by atoms with Gasteiger partial charge in [0.05, 0.1) is 9.82 Å². The van der Waals surface area contributed by atoms with E-state index in [1.54, 1.807) is 6.07 Å². The van der Waals surface area contributed by atoms with E-state index in [0.717, 1.165) is 45.3 Å². The quantitative estimate of drug-likeness (QED) is 0.561. The number of nitrogens with zero attached hydrogens (tertiary/aromatic N) is 4. The third-order valence-corrected chi connectivity index (χ3v) is 7.40.